The van der Waals surface area contributed by atoms with Crippen LogP contribution in [0, 0.1) is 6.92 Å². The maximum absolute atomic E-state index is 11.4. The van der Waals surface area contributed by atoms with E-state index in [1.54, 1.807) is 18.3 Å². The van der Waals surface area contributed by atoms with Crippen molar-refractivity contribution >= 4 is 5.91 Å². The number of pyridine rings is 1. The Kier molecular flexibility index (Phi) is 3.40. The fourth-order valence-corrected chi connectivity index (χ4v) is 0.975. The average Bonchev–Trinajstić information content (AvgIpc) is 2.14. The molecule has 1 heterocycles. The second-order valence-electron chi connectivity index (χ2n) is 2.73. The van der Waals surface area contributed by atoms with E-state index < -0.39 is 0 Å². The number of nitrogens with one attached hydrogen (secondary N) is 1. The first kappa shape index (κ1) is 9.67. The van der Waals surface area contributed by atoms with Gasteiger partial charge in [-0.2, -0.15) is 0 Å². The lowest BCUT2D eigenvalue weighted by Crippen LogP contribution is -2.29. The third-order valence-electron chi connectivity index (χ3n) is 1.59. The molecule has 0 aliphatic rings. The van der Waals surface area contributed by atoms with Gasteiger partial charge in [-0.05, 0) is 19.1 Å². The summed E-state index contributed by atoms with van der Waals surface area (Å²) in [6.07, 6.45) is 1.62. The summed E-state index contributed by atoms with van der Waals surface area (Å²) in [5, 5.41) is 2.68. The first-order chi connectivity index (χ1) is 6.24. The molecule has 0 saturated carbocycles. The van der Waals surface area contributed by atoms with E-state index in [0.29, 0.717) is 18.7 Å². The van der Waals surface area contributed by atoms with Crippen LogP contribution in [-0.2, 0) is 0 Å². The van der Waals surface area contributed by atoms with Crippen LogP contribution in [0.4, 0.5) is 0 Å². The number of nitrogens with two attached hydrogens (primary N) is 1. The summed E-state index contributed by atoms with van der Waals surface area (Å²) in [4.78, 5) is 15.4. The molecule has 0 bridgehead atoms. The van der Waals surface area contributed by atoms with Gasteiger partial charge < -0.3 is 11.1 Å². The van der Waals surface area contributed by atoms with Crippen molar-refractivity contribution < 1.29 is 4.79 Å². The second kappa shape index (κ2) is 4.57. The predicted octanol–water partition coefficient (Wildman–Crippen LogP) is 0.0785. The molecule has 13 heavy (non-hydrogen) atoms. The number of rotatable bonds is 3. The fraction of sp³-hybridized carbons (Fsp3) is 0.333. The zero-order valence-electron chi connectivity index (χ0n) is 7.58. The molecule has 1 aromatic heterocycles. The zero-order valence-corrected chi connectivity index (χ0v) is 7.58. The predicted molar refractivity (Wildman–Crippen MR) is 50.4 cm³/mol. The monoisotopic (exact) mass is 179 g/mol. The van der Waals surface area contributed by atoms with Crippen molar-refractivity contribution in [3.05, 3.63) is 29.6 Å². The van der Waals surface area contributed by atoms with Crippen LogP contribution in [0.5, 0.6) is 0 Å². The highest BCUT2D eigenvalue weighted by Gasteiger charge is 2.03. The molecule has 3 N–H and O–H groups in total. The molecule has 0 unspecified atom stereocenters. The molecule has 0 spiro atoms. The van der Waals surface area contributed by atoms with Gasteiger partial charge in [-0.1, -0.05) is 0 Å². The van der Waals surface area contributed by atoms with Crippen molar-refractivity contribution in [2.45, 2.75) is 6.92 Å². The highest BCUT2D eigenvalue weighted by molar-refractivity contribution is 5.94. The number of nitrogens with zero attached hydrogens (tertiary/aromatic N) is 1. The number of aryl methyl sites for hydroxylation is 1. The SMILES string of the molecule is Cc1cc(C(=O)NCCN)ccn1. The molecule has 1 amide bonds. The third-order valence-corrected chi connectivity index (χ3v) is 1.59. The molecule has 4 heteroatoms. The Morgan fingerprint density at radius 2 is 2.46 bits per heavy atom. The molecule has 0 saturated heterocycles. The molecule has 0 aliphatic carbocycles. The molecule has 0 radical (unpaired) electrons. The van der Waals surface area contributed by atoms with E-state index in [1.807, 2.05) is 6.92 Å². The van der Waals surface area contributed by atoms with Gasteiger partial charge in [0.05, 0.1) is 0 Å². The quantitative estimate of drug-likeness (QED) is 0.690. The minimum Gasteiger partial charge on any atom is -0.351 e. The van der Waals surface area contributed by atoms with E-state index in [9.17, 15) is 4.79 Å². The van der Waals surface area contributed by atoms with Crippen molar-refractivity contribution in [3.63, 3.8) is 0 Å². The Bertz CT molecular complexity index is 299. The lowest BCUT2D eigenvalue weighted by atomic mass is 10.2. The Balaban J connectivity index is 2.66. The van der Waals surface area contributed by atoms with Crippen LogP contribution < -0.4 is 11.1 Å². The fourth-order valence-electron chi connectivity index (χ4n) is 0.975. The van der Waals surface area contributed by atoms with Gasteiger partial charge in [-0.25, -0.2) is 0 Å². The molecule has 0 atom stereocenters. The van der Waals surface area contributed by atoms with Gasteiger partial charge in [0.2, 0.25) is 0 Å². The molecular weight excluding hydrogens is 166 g/mol. The number of aromatic nitrogens is 1. The maximum Gasteiger partial charge on any atom is 0.251 e. The molecule has 70 valence electrons. The van der Waals surface area contributed by atoms with Gasteiger partial charge in [-0.15, -0.1) is 0 Å². The number of amides is 1. The molecule has 1 aromatic rings. The van der Waals surface area contributed by atoms with Crippen molar-refractivity contribution in [2.24, 2.45) is 5.73 Å². The maximum atomic E-state index is 11.4. The molecule has 1 rings (SSSR count). The Morgan fingerprint density at radius 1 is 1.69 bits per heavy atom. The standard InChI is InChI=1S/C9H13N3O/c1-7-6-8(2-4-11-7)9(13)12-5-3-10/h2,4,6H,3,5,10H2,1H3,(H,12,13). The summed E-state index contributed by atoms with van der Waals surface area (Å²) >= 11 is 0. The van der Waals surface area contributed by atoms with E-state index in [0.717, 1.165) is 5.69 Å². The Morgan fingerprint density at radius 3 is 3.08 bits per heavy atom. The van der Waals surface area contributed by atoms with Crippen LogP contribution >= 0.6 is 0 Å². The number of hydrogen-bond donors (Lipinski definition) is 2. The van der Waals surface area contributed by atoms with Gasteiger partial charge in [0.1, 0.15) is 0 Å². The van der Waals surface area contributed by atoms with Gasteiger partial charge in [0.25, 0.3) is 5.91 Å². The van der Waals surface area contributed by atoms with Crippen molar-refractivity contribution in [2.75, 3.05) is 13.1 Å². The Hall–Kier alpha value is -1.42. The van der Waals surface area contributed by atoms with Crippen molar-refractivity contribution in [1.29, 1.82) is 0 Å². The highest BCUT2D eigenvalue weighted by Crippen LogP contribution is 1.99. The summed E-state index contributed by atoms with van der Waals surface area (Å²) < 4.78 is 0. The molecular formula is C9H13N3O. The summed E-state index contributed by atoms with van der Waals surface area (Å²) in [6.45, 7) is 2.80. The molecule has 0 aliphatic heterocycles. The van der Waals surface area contributed by atoms with Crippen LogP contribution in [0.15, 0.2) is 18.3 Å². The smallest absolute Gasteiger partial charge is 0.251 e. The van der Waals surface area contributed by atoms with Crippen LogP contribution in [0.25, 0.3) is 0 Å². The molecule has 4 nitrogen and oxygen atoms in total. The van der Waals surface area contributed by atoms with Gasteiger partial charge in [0, 0.05) is 30.5 Å². The lowest BCUT2D eigenvalue weighted by molar-refractivity contribution is 0.0954. The summed E-state index contributed by atoms with van der Waals surface area (Å²) in [6, 6.07) is 3.42. The lowest BCUT2D eigenvalue weighted by Gasteiger charge is -2.03. The van der Waals surface area contributed by atoms with Gasteiger partial charge >= 0.3 is 0 Å². The molecule has 0 fully saturated rings. The summed E-state index contributed by atoms with van der Waals surface area (Å²) in [5.74, 6) is -0.101. The zero-order chi connectivity index (χ0) is 9.68. The third kappa shape index (κ3) is 2.83. The average molecular weight is 179 g/mol. The van der Waals surface area contributed by atoms with Crippen molar-refractivity contribution in [1.82, 2.24) is 10.3 Å². The van der Waals surface area contributed by atoms with Crippen LogP contribution in [0.3, 0.4) is 0 Å². The van der Waals surface area contributed by atoms with Crippen molar-refractivity contribution in [3.8, 4) is 0 Å². The van der Waals surface area contributed by atoms with Crippen LogP contribution in [-0.4, -0.2) is 24.0 Å². The van der Waals surface area contributed by atoms with Crippen LogP contribution in [0.2, 0.25) is 0 Å². The van der Waals surface area contributed by atoms with Crippen LogP contribution in [0.1, 0.15) is 16.1 Å². The van der Waals surface area contributed by atoms with Gasteiger partial charge in [-0.3, -0.25) is 9.78 Å². The largest absolute Gasteiger partial charge is 0.351 e. The van der Waals surface area contributed by atoms with E-state index in [2.05, 4.69) is 10.3 Å². The first-order valence-electron chi connectivity index (χ1n) is 4.15. The first-order valence-corrected chi connectivity index (χ1v) is 4.15. The number of hydrogen-bond acceptors (Lipinski definition) is 3. The number of carbonyl (C=O) groups is 1. The molecule has 0 aromatic carbocycles. The summed E-state index contributed by atoms with van der Waals surface area (Å²) in [5.41, 5.74) is 6.72. The number of carbonyl (C=O) groups excluding carboxylic acids is 1. The Labute approximate surface area is 77.2 Å². The van der Waals surface area contributed by atoms with E-state index >= 15 is 0 Å². The minimum atomic E-state index is -0.101. The highest BCUT2D eigenvalue weighted by atomic mass is 16.1. The minimum absolute atomic E-state index is 0.101. The van der Waals surface area contributed by atoms with Gasteiger partial charge in [0.15, 0.2) is 0 Å². The van der Waals surface area contributed by atoms with E-state index in [1.165, 1.54) is 0 Å². The van der Waals surface area contributed by atoms with E-state index in [-0.39, 0.29) is 5.91 Å². The normalized spacial score (nSPS) is 9.69. The second-order valence-corrected chi connectivity index (χ2v) is 2.73. The topological polar surface area (TPSA) is 68.0 Å². The summed E-state index contributed by atoms with van der Waals surface area (Å²) in [7, 11) is 0. The van der Waals surface area contributed by atoms with E-state index in [4.69, 9.17) is 5.73 Å².